The van der Waals surface area contributed by atoms with E-state index in [1.54, 1.807) is 0 Å². The number of aliphatic imine (C=N–C) groups is 1. The summed E-state index contributed by atoms with van der Waals surface area (Å²) in [4.78, 5) is 12.0. The molecule has 1 N–H and O–H groups in total. The molecule has 0 aliphatic carbocycles. The first kappa shape index (κ1) is 18.2. The van der Waals surface area contributed by atoms with Crippen LogP contribution in [0.2, 0.25) is 0 Å². The second-order valence-electron chi connectivity index (χ2n) is 6.06. The third-order valence-corrected chi connectivity index (χ3v) is 3.37. The smallest absolute Gasteiger partial charge is 0.0909 e. The van der Waals surface area contributed by atoms with Crippen molar-refractivity contribution in [1.29, 1.82) is 0 Å². The van der Waals surface area contributed by atoms with Gasteiger partial charge < -0.3 is 4.90 Å². The van der Waals surface area contributed by atoms with Crippen LogP contribution in [0.3, 0.4) is 0 Å². The van der Waals surface area contributed by atoms with E-state index in [0.717, 1.165) is 34.6 Å². The maximum Gasteiger partial charge on any atom is 0.0909 e. The molecule has 1 aromatic rings. The Morgan fingerprint density at radius 2 is 2.05 bits per heavy atom. The Bertz CT molecular complexity index is 535. The van der Waals surface area contributed by atoms with Crippen LogP contribution in [-0.2, 0) is 4.84 Å². The summed E-state index contributed by atoms with van der Waals surface area (Å²) < 4.78 is 0. The maximum absolute atomic E-state index is 5.44. The van der Waals surface area contributed by atoms with Crippen molar-refractivity contribution < 1.29 is 4.84 Å². The van der Waals surface area contributed by atoms with Crippen LogP contribution in [0.1, 0.15) is 37.5 Å². The summed E-state index contributed by atoms with van der Waals surface area (Å²) in [6, 6.07) is 4.18. The van der Waals surface area contributed by atoms with E-state index in [4.69, 9.17) is 4.84 Å². The van der Waals surface area contributed by atoms with Crippen molar-refractivity contribution in [3.8, 4) is 0 Å². The van der Waals surface area contributed by atoms with Crippen LogP contribution in [0.15, 0.2) is 23.7 Å². The Morgan fingerprint density at radius 1 is 1.36 bits per heavy atom. The minimum absolute atomic E-state index is 0.482. The van der Waals surface area contributed by atoms with Gasteiger partial charge >= 0.3 is 0 Å². The van der Waals surface area contributed by atoms with Gasteiger partial charge in [0, 0.05) is 19.2 Å². The Morgan fingerprint density at radius 3 is 2.64 bits per heavy atom. The highest BCUT2D eigenvalue weighted by molar-refractivity contribution is 5.70. The summed E-state index contributed by atoms with van der Waals surface area (Å²) in [5.41, 5.74) is 8.01. The molecule has 0 spiro atoms. The second kappa shape index (κ2) is 8.59. The van der Waals surface area contributed by atoms with Crippen molar-refractivity contribution in [3.05, 3.63) is 35.4 Å². The maximum atomic E-state index is 5.44. The summed E-state index contributed by atoms with van der Waals surface area (Å²) in [7, 11) is 2.01. The molecule has 4 nitrogen and oxygen atoms in total. The fourth-order valence-electron chi connectivity index (χ4n) is 1.86. The number of aryl methyl sites for hydroxylation is 2. The molecule has 0 saturated heterocycles. The van der Waals surface area contributed by atoms with Crippen LogP contribution in [0.25, 0.3) is 5.70 Å². The van der Waals surface area contributed by atoms with Crippen LogP contribution < -0.4 is 5.48 Å². The number of nitrogens with zero attached hydrogens (tertiary/aromatic N) is 2. The molecule has 0 heterocycles. The minimum Gasteiger partial charge on any atom is -0.366 e. The van der Waals surface area contributed by atoms with Gasteiger partial charge in [0.15, 0.2) is 0 Å². The molecule has 22 heavy (non-hydrogen) atoms. The van der Waals surface area contributed by atoms with E-state index in [0.29, 0.717) is 12.5 Å². The van der Waals surface area contributed by atoms with Crippen LogP contribution in [0.5, 0.6) is 0 Å². The molecule has 0 amide bonds. The number of hydrogen-bond acceptors (Lipinski definition) is 3. The number of hydroxylamine groups is 1. The van der Waals surface area contributed by atoms with Gasteiger partial charge in [-0.3, -0.25) is 10.3 Å². The summed E-state index contributed by atoms with van der Waals surface area (Å²) in [5, 5.41) is 0. The first-order valence-electron chi connectivity index (χ1n) is 7.77. The third kappa shape index (κ3) is 5.53. The highest BCUT2D eigenvalue weighted by atomic mass is 16.6. The van der Waals surface area contributed by atoms with E-state index in [1.807, 2.05) is 18.3 Å². The normalized spacial score (nSPS) is 11.2. The molecule has 0 atom stereocenters. The number of hydrogen-bond donors (Lipinski definition) is 1. The number of benzene rings is 1. The van der Waals surface area contributed by atoms with E-state index in [9.17, 15) is 0 Å². The Hall–Kier alpha value is -1.81. The lowest BCUT2D eigenvalue weighted by Gasteiger charge is -2.15. The lowest BCUT2D eigenvalue weighted by atomic mass is 10.0. The molecule has 0 saturated carbocycles. The van der Waals surface area contributed by atoms with Gasteiger partial charge in [0.1, 0.15) is 0 Å². The second-order valence-corrected chi connectivity index (χ2v) is 6.06. The molecule has 1 rings (SSSR count). The molecule has 0 unspecified atom stereocenters. The van der Waals surface area contributed by atoms with E-state index < -0.39 is 0 Å². The summed E-state index contributed by atoms with van der Waals surface area (Å²) in [5.74, 6) is 0.482. The van der Waals surface area contributed by atoms with Gasteiger partial charge in [-0.15, -0.1) is 0 Å². The predicted molar refractivity (Wildman–Crippen MR) is 95.3 cm³/mol. The number of rotatable bonds is 8. The van der Waals surface area contributed by atoms with E-state index in [1.165, 1.54) is 0 Å². The summed E-state index contributed by atoms with van der Waals surface area (Å²) in [6.07, 6.45) is 1.86. The molecular formula is C18H29N3O. The van der Waals surface area contributed by atoms with Gasteiger partial charge in [0.2, 0.25) is 0 Å². The van der Waals surface area contributed by atoms with Gasteiger partial charge in [-0.25, -0.2) is 4.99 Å². The Balaban J connectivity index is 2.85. The van der Waals surface area contributed by atoms with Crippen molar-refractivity contribution in [2.24, 2.45) is 10.9 Å². The highest BCUT2D eigenvalue weighted by Crippen LogP contribution is 2.26. The highest BCUT2D eigenvalue weighted by Gasteiger charge is 2.07. The lowest BCUT2D eigenvalue weighted by molar-refractivity contribution is 0.0581. The molecule has 0 radical (unpaired) electrons. The van der Waals surface area contributed by atoms with E-state index in [2.05, 4.69) is 63.8 Å². The van der Waals surface area contributed by atoms with Crippen molar-refractivity contribution in [1.82, 2.24) is 10.4 Å². The molecule has 122 valence electrons. The molecule has 4 heteroatoms. The van der Waals surface area contributed by atoms with Gasteiger partial charge in [-0.2, -0.15) is 0 Å². The quantitative estimate of drug-likeness (QED) is 0.447. The summed E-state index contributed by atoms with van der Waals surface area (Å²) >= 11 is 0. The van der Waals surface area contributed by atoms with Gasteiger partial charge in [-0.1, -0.05) is 20.4 Å². The average Bonchev–Trinajstić information content (AvgIpc) is 2.46. The fourth-order valence-corrected chi connectivity index (χ4v) is 1.86. The third-order valence-electron chi connectivity index (χ3n) is 3.37. The molecule has 0 bridgehead atoms. The SMILES string of the molecule is C=C(NOCC(C)C)c1cc(C)c(N=CN(C)CC)cc1C. The van der Waals surface area contributed by atoms with Crippen molar-refractivity contribution in [2.75, 3.05) is 20.2 Å². The fraction of sp³-hybridized carbons (Fsp3) is 0.500. The topological polar surface area (TPSA) is 36.9 Å². The zero-order valence-electron chi connectivity index (χ0n) is 14.7. The minimum atomic E-state index is 0.482. The lowest BCUT2D eigenvalue weighted by Crippen LogP contribution is -2.16. The van der Waals surface area contributed by atoms with Crippen molar-refractivity contribution >= 4 is 17.7 Å². The van der Waals surface area contributed by atoms with Gasteiger partial charge in [-0.05, 0) is 49.9 Å². The monoisotopic (exact) mass is 303 g/mol. The molecule has 0 fully saturated rings. The van der Waals surface area contributed by atoms with Crippen LogP contribution in [-0.4, -0.2) is 31.4 Å². The van der Waals surface area contributed by atoms with E-state index in [-0.39, 0.29) is 0 Å². The van der Waals surface area contributed by atoms with Crippen molar-refractivity contribution in [3.63, 3.8) is 0 Å². The Labute approximate surface area is 134 Å². The van der Waals surface area contributed by atoms with E-state index >= 15 is 0 Å². The molecule has 0 aliphatic heterocycles. The first-order valence-corrected chi connectivity index (χ1v) is 7.77. The molecule has 0 aliphatic rings. The first-order chi connectivity index (χ1) is 10.3. The van der Waals surface area contributed by atoms with Gasteiger partial charge in [0.05, 0.1) is 24.3 Å². The Kier molecular flexibility index (Phi) is 7.12. The van der Waals surface area contributed by atoms with Crippen LogP contribution >= 0.6 is 0 Å². The average molecular weight is 303 g/mol. The zero-order chi connectivity index (χ0) is 16.7. The largest absolute Gasteiger partial charge is 0.366 e. The van der Waals surface area contributed by atoms with Crippen LogP contribution in [0.4, 0.5) is 5.69 Å². The molecule has 0 aromatic heterocycles. The summed E-state index contributed by atoms with van der Waals surface area (Å²) in [6.45, 7) is 16.1. The standard InChI is InChI=1S/C18H29N3O/c1-8-21(7)12-19-18-10-14(4)17(9-15(18)5)16(6)20-22-11-13(2)3/h9-10,12-13,20H,6,8,11H2,1-5,7H3. The zero-order valence-corrected chi connectivity index (χ0v) is 14.7. The van der Waals surface area contributed by atoms with Crippen molar-refractivity contribution in [2.45, 2.75) is 34.6 Å². The molecule has 1 aromatic carbocycles. The van der Waals surface area contributed by atoms with Crippen LogP contribution in [0, 0.1) is 19.8 Å². The molecular weight excluding hydrogens is 274 g/mol. The number of nitrogens with one attached hydrogen (secondary N) is 1. The van der Waals surface area contributed by atoms with Gasteiger partial charge in [0.25, 0.3) is 0 Å². The predicted octanol–water partition coefficient (Wildman–Crippen LogP) is 4.06.